The first-order chi connectivity index (χ1) is 15.3. The number of aromatic nitrogens is 5. The van der Waals surface area contributed by atoms with Crippen molar-refractivity contribution in [2.75, 3.05) is 13.1 Å². The van der Waals surface area contributed by atoms with E-state index in [0.29, 0.717) is 24.3 Å². The lowest BCUT2D eigenvalue weighted by Gasteiger charge is -2.34. The Labute approximate surface area is 184 Å². The highest BCUT2D eigenvalue weighted by Gasteiger charge is 2.30. The molecule has 9 heteroatoms. The van der Waals surface area contributed by atoms with Gasteiger partial charge in [0.2, 0.25) is 0 Å². The second-order valence-electron chi connectivity index (χ2n) is 9.18. The lowest BCUT2D eigenvalue weighted by Crippen LogP contribution is -2.44. The summed E-state index contributed by atoms with van der Waals surface area (Å²) in [7, 11) is 0. The van der Waals surface area contributed by atoms with Crippen LogP contribution in [0, 0.1) is 0 Å². The number of likely N-dealkylation sites (tertiary alicyclic amines) is 1. The van der Waals surface area contributed by atoms with Gasteiger partial charge in [0.25, 0.3) is 0 Å². The number of ether oxygens (including phenoxy) is 1. The molecule has 1 fully saturated rings. The van der Waals surface area contributed by atoms with E-state index < -0.39 is 5.60 Å². The number of rotatable bonds is 2. The van der Waals surface area contributed by atoms with Gasteiger partial charge in [0.15, 0.2) is 5.65 Å². The zero-order chi connectivity index (χ0) is 22.5. The SMILES string of the molecule is CC(C)(C)OC(=O)N1CCC[C@H](n2c(=O)[nH]c3ccc(-c4cnn5ccccc45)nc32)C1. The quantitative estimate of drug-likeness (QED) is 0.520. The fourth-order valence-corrected chi connectivity index (χ4v) is 4.28. The number of imidazole rings is 1. The van der Waals surface area contributed by atoms with E-state index in [1.165, 1.54) is 0 Å². The van der Waals surface area contributed by atoms with Crippen LogP contribution in [0.15, 0.2) is 47.5 Å². The number of H-pyrrole nitrogens is 1. The summed E-state index contributed by atoms with van der Waals surface area (Å²) in [5.74, 6) is 0. The summed E-state index contributed by atoms with van der Waals surface area (Å²) in [5.41, 5.74) is 3.05. The van der Waals surface area contributed by atoms with Crippen molar-refractivity contribution in [3.05, 3.63) is 53.2 Å². The van der Waals surface area contributed by atoms with Crippen molar-refractivity contribution in [1.29, 1.82) is 0 Å². The standard InChI is InChI=1S/C23H26N6O3/c1-23(2,3)32-22(31)27-11-6-7-15(14-27)29-20-18(26-21(29)30)10-9-17(25-20)16-13-24-28-12-5-4-8-19(16)28/h4-5,8-10,12-13,15H,6-7,11,14H2,1-3H3,(H,26,30)/t15-/m0/s1. The molecule has 0 saturated carbocycles. The summed E-state index contributed by atoms with van der Waals surface area (Å²) in [5, 5.41) is 4.39. The number of amides is 1. The number of carbonyl (C=O) groups excluding carboxylic acids is 1. The molecule has 0 bridgehead atoms. The molecule has 0 unspecified atom stereocenters. The second kappa shape index (κ2) is 7.51. The molecular formula is C23H26N6O3. The predicted octanol–water partition coefficient (Wildman–Crippen LogP) is 3.61. The van der Waals surface area contributed by atoms with Crippen molar-refractivity contribution in [2.45, 2.75) is 45.3 Å². The molecular weight excluding hydrogens is 408 g/mol. The molecule has 32 heavy (non-hydrogen) atoms. The number of hydrogen-bond donors (Lipinski definition) is 1. The van der Waals surface area contributed by atoms with Crippen LogP contribution in [0.2, 0.25) is 0 Å². The molecule has 4 aromatic rings. The Balaban J connectivity index is 1.51. The smallest absolute Gasteiger partial charge is 0.410 e. The van der Waals surface area contributed by atoms with Crippen molar-refractivity contribution in [1.82, 2.24) is 29.0 Å². The van der Waals surface area contributed by atoms with Gasteiger partial charge in [-0.05, 0) is 57.9 Å². The molecule has 5 heterocycles. The average molecular weight is 435 g/mol. The molecule has 5 rings (SSSR count). The molecule has 0 spiro atoms. The van der Waals surface area contributed by atoms with E-state index in [9.17, 15) is 9.59 Å². The van der Waals surface area contributed by atoms with E-state index in [-0.39, 0.29) is 17.8 Å². The number of nitrogens with zero attached hydrogens (tertiary/aromatic N) is 5. The Morgan fingerprint density at radius 3 is 2.88 bits per heavy atom. The first kappa shape index (κ1) is 20.3. The van der Waals surface area contributed by atoms with Crippen molar-refractivity contribution >= 4 is 22.8 Å². The summed E-state index contributed by atoms with van der Waals surface area (Å²) in [4.78, 5) is 34.9. The Hall–Kier alpha value is -3.62. The molecule has 9 nitrogen and oxygen atoms in total. The minimum absolute atomic E-state index is 0.177. The highest BCUT2D eigenvalue weighted by atomic mass is 16.6. The Bertz CT molecular complexity index is 1360. The highest BCUT2D eigenvalue weighted by Crippen LogP contribution is 2.28. The van der Waals surface area contributed by atoms with Gasteiger partial charge in [-0.3, -0.25) is 4.57 Å². The predicted molar refractivity (Wildman–Crippen MR) is 121 cm³/mol. The molecule has 1 N–H and O–H groups in total. The summed E-state index contributed by atoms with van der Waals surface area (Å²) in [6.07, 6.45) is 4.89. The molecule has 4 aromatic heterocycles. The van der Waals surface area contributed by atoms with Gasteiger partial charge in [-0.2, -0.15) is 5.10 Å². The first-order valence-corrected chi connectivity index (χ1v) is 10.8. The lowest BCUT2D eigenvalue weighted by molar-refractivity contribution is 0.0172. The van der Waals surface area contributed by atoms with Crippen LogP contribution < -0.4 is 5.69 Å². The average Bonchev–Trinajstić information content (AvgIpc) is 3.32. The van der Waals surface area contributed by atoms with Crippen LogP contribution in [0.4, 0.5) is 4.79 Å². The van der Waals surface area contributed by atoms with Crippen LogP contribution >= 0.6 is 0 Å². The Morgan fingerprint density at radius 2 is 2.06 bits per heavy atom. The van der Waals surface area contributed by atoms with Gasteiger partial charge in [-0.1, -0.05) is 6.07 Å². The van der Waals surface area contributed by atoms with E-state index in [0.717, 1.165) is 29.6 Å². The summed E-state index contributed by atoms with van der Waals surface area (Å²) in [6.45, 7) is 6.57. The van der Waals surface area contributed by atoms with E-state index >= 15 is 0 Å². The van der Waals surface area contributed by atoms with E-state index in [1.807, 2.05) is 57.3 Å². The topological polar surface area (TPSA) is 97.5 Å². The van der Waals surface area contributed by atoms with Crippen LogP contribution in [-0.2, 0) is 4.74 Å². The molecule has 0 radical (unpaired) electrons. The molecule has 1 atom stereocenters. The minimum Gasteiger partial charge on any atom is -0.444 e. The van der Waals surface area contributed by atoms with Crippen molar-refractivity contribution in [2.24, 2.45) is 0 Å². The highest BCUT2D eigenvalue weighted by molar-refractivity contribution is 5.82. The fraction of sp³-hybridized carbons (Fsp3) is 0.391. The normalized spacial score (nSPS) is 17.2. The molecule has 0 aromatic carbocycles. The first-order valence-electron chi connectivity index (χ1n) is 10.8. The lowest BCUT2D eigenvalue weighted by atomic mass is 10.1. The number of carbonyl (C=O) groups is 1. The van der Waals surface area contributed by atoms with Gasteiger partial charge in [0, 0.05) is 24.8 Å². The third-order valence-corrected chi connectivity index (χ3v) is 5.68. The van der Waals surface area contributed by atoms with Gasteiger partial charge in [-0.25, -0.2) is 19.1 Å². The molecule has 0 aliphatic carbocycles. The fourth-order valence-electron chi connectivity index (χ4n) is 4.28. The van der Waals surface area contributed by atoms with Gasteiger partial charge >= 0.3 is 11.8 Å². The number of aromatic amines is 1. The molecule has 1 saturated heterocycles. The number of piperidine rings is 1. The van der Waals surface area contributed by atoms with Crippen LogP contribution in [-0.4, -0.2) is 53.8 Å². The Kier molecular flexibility index (Phi) is 4.76. The van der Waals surface area contributed by atoms with Crippen LogP contribution in [0.1, 0.15) is 39.7 Å². The van der Waals surface area contributed by atoms with Crippen LogP contribution in [0.5, 0.6) is 0 Å². The zero-order valence-corrected chi connectivity index (χ0v) is 18.4. The largest absolute Gasteiger partial charge is 0.444 e. The maximum absolute atomic E-state index is 12.9. The monoisotopic (exact) mass is 434 g/mol. The maximum atomic E-state index is 12.9. The third kappa shape index (κ3) is 3.63. The van der Waals surface area contributed by atoms with Crippen molar-refractivity contribution < 1.29 is 9.53 Å². The molecule has 166 valence electrons. The zero-order valence-electron chi connectivity index (χ0n) is 18.4. The van der Waals surface area contributed by atoms with E-state index in [4.69, 9.17) is 9.72 Å². The summed E-state index contributed by atoms with van der Waals surface area (Å²) >= 11 is 0. The van der Waals surface area contributed by atoms with E-state index in [2.05, 4.69) is 10.1 Å². The third-order valence-electron chi connectivity index (χ3n) is 5.68. The van der Waals surface area contributed by atoms with Crippen molar-refractivity contribution in [3.8, 4) is 11.3 Å². The number of pyridine rings is 2. The molecule has 1 aliphatic rings. The van der Waals surface area contributed by atoms with Gasteiger partial charge in [0.05, 0.1) is 29.0 Å². The van der Waals surface area contributed by atoms with Crippen molar-refractivity contribution in [3.63, 3.8) is 0 Å². The second-order valence-corrected chi connectivity index (χ2v) is 9.18. The van der Waals surface area contributed by atoms with E-state index in [1.54, 1.807) is 20.2 Å². The van der Waals surface area contributed by atoms with Gasteiger partial charge in [0.1, 0.15) is 5.60 Å². The Morgan fingerprint density at radius 1 is 1.22 bits per heavy atom. The summed E-state index contributed by atoms with van der Waals surface area (Å²) in [6, 6.07) is 9.45. The van der Waals surface area contributed by atoms with Gasteiger partial charge in [-0.15, -0.1) is 0 Å². The molecule has 1 aliphatic heterocycles. The minimum atomic E-state index is -0.563. The number of fused-ring (bicyclic) bond motifs is 2. The molecule has 1 amide bonds. The number of hydrogen-bond acceptors (Lipinski definition) is 5. The van der Waals surface area contributed by atoms with Gasteiger partial charge < -0.3 is 14.6 Å². The van der Waals surface area contributed by atoms with Crippen LogP contribution in [0.3, 0.4) is 0 Å². The number of nitrogens with one attached hydrogen (secondary N) is 1. The summed E-state index contributed by atoms with van der Waals surface area (Å²) < 4.78 is 9.01. The maximum Gasteiger partial charge on any atom is 0.410 e. The van der Waals surface area contributed by atoms with Crippen LogP contribution in [0.25, 0.3) is 27.9 Å².